The summed E-state index contributed by atoms with van der Waals surface area (Å²) in [7, 11) is -3.31. The van der Waals surface area contributed by atoms with Gasteiger partial charge in [-0.25, -0.2) is 8.42 Å². The molecule has 2 atom stereocenters. The summed E-state index contributed by atoms with van der Waals surface area (Å²) in [6.07, 6.45) is 2.99. The van der Waals surface area contributed by atoms with E-state index in [0.29, 0.717) is 18.8 Å². The first-order chi connectivity index (χ1) is 9.56. The number of fused-ring (bicyclic) bond motifs is 1. The fourth-order valence-corrected chi connectivity index (χ4v) is 4.99. The number of hydrogen-bond acceptors (Lipinski definition) is 4. The standard InChI is InChI=1S/C14H20N2O3S/c15-12-4-1-3-11(9-12)10-20(17,18)16-7-8-19-14-6-2-5-13(14)16/h1,3-4,9,13-14H,2,5-8,10,15H2. The van der Waals surface area contributed by atoms with Crippen molar-refractivity contribution < 1.29 is 13.2 Å². The highest BCUT2D eigenvalue weighted by molar-refractivity contribution is 7.88. The van der Waals surface area contributed by atoms with Crippen molar-refractivity contribution in [3.63, 3.8) is 0 Å². The Bertz CT molecular complexity index is 588. The maximum atomic E-state index is 12.6. The molecule has 0 aromatic heterocycles. The van der Waals surface area contributed by atoms with Gasteiger partial charge in [0.2, 0.25) is 10.0 Å². The van der Waals surface area contributed by atoms with Crippen LogP contribution >= 0.6 is 0 Å². The van der Waals surface area contributed by atoms with Crippen molar-refractivity contribution in [2.75, 3.05) is 18.9 Å². The maximum absolute atomic E-state index is 12.6. The molecule has 1 aromatic carbocycles. The fraction of sp³-hybridized carbons (Fsp3) is 0.571. The van der Waals surface area contributed by atoms with Crippen LogP contribution in [-0.4, -0.2) is 38.0 Å². The van der Waals surface area contributed by atoms with Crippen LogP contribution in [0.2, 0.25) is 0 Å². The molecule has 0 spiro atoms. The predicted octanol–water partition coefficient (Wildman–Crippen LogP) is 1.35. The van der Waals surface area contributed by atoms with Gasteiger partial charge in [-0.15, -0.1) is 0 Å². The lowest BCUT2D eigenvalue weighted by Gasteiger charge is -2.36. The number of ether oxygens (including phenoxy) is 1. The van der Waals surface area contributed by atoms with Gasteiger partial charge in [-0.1, -0.05) is 12.1 Å². The van der Waals surface area contributed by atoms with Crippen LogP contribution in [0.15, 0.2) is 24.3 Å². The minimum absolute atomic E-state index is 0.0151. The highest BCUT2D eigenvalue weighted by atomic mass is 32.2. The van der Waals surface area contributed by atoms with E-state index < -0.39 is 10.0 Å². The molecule has 110 valence electrons. The van der Waals surface area contributed by atoms with Crippen LogP contribution in [0.4, 0.5) is 5.69 Å². The van der Waals surface area contributed by atoms with Crippen LogP contribution in [0, 0.1) is 0 Å². The van der Waals surface area contributed by atoms with Crippen LogP contribution in [0.3, 0.4) is 0 Å². The van der Waals surface area contributed by atoms with E-state index in [1.54, 1.807) is 28.6 Å². The number of benzene rings is 1. The lowest BCUT2D eigenvalue weighted by molar-refractivity contribution is -0.0242. The summed E-state index contributed by atoms with van der Waals surface area (Å²) >= 11 is 0. The number of sulfonamides is 1. The van der Waals surface area contributed by atoms with Crippen LogP contribution in [-0.2, 0) is 20.5 Å². The zero-order chi connectivity index (χ0) is 14.2. The number of nitrogens with zero attached hydrogens (tertiary/aromatic N) is 1. The van der Waals surface area contributed by atoms with Crippen molar-refractivity contribution in [1.29, 1.82) is 0 Å². The molecule has 1 heterocycles. The lowest BCUT2D eigenvalue weighted by atomic mass is 10.2. The summed E-state index contributed by atoms with van der Waals surface area (Å²) < 4.78 is 32.6. The van der Waals surface area contributed by atoms with Gasteiger partial charge < -0.3 is 10.5 Å². The van der Waals surface area contributed by atoms with Crippen LogP contribution < -0.4 is 5.73 Å². The van der Waals surface area contributed by atoms with Gasteiger partial charge in [-0.3, -0.25) is 0 Å². The molecule has 2 unspecified atom stereocenters. The zero-order valence-electron chi connectivity index (χ0n) is 11.4. The van der Waals surface area contributed by atoms with Gasteiger partial charge in [0.15, 0.2) is 0 Å². The SMILES string of the molecule is Nc1cccc(CS(=O)(=O)N2CCOC3CCCC32)c1. The molecule has 2 fully saturated rings. The molecule has 0 bridgehead atoms. The molecule has 1 saturated heterocycles. The molecule has 5 nitrogen and oxygen atoms in total. The molecule has 2 aliphatic rings. The minimum Gasteiger partial charge on any atom is -0.399 e. The number of nitrogen functional groups attached to an aromatic ring is 1. The summed E-state index contributed by atoms with van der Waals surface area (Å²) in [6.45, 7) is 0.961. The predicted molar refractivity (Wildman–Crippen MR) is 77.6 cm³/mol. The summed E-state index contributed by atoms with van der Waals surface area (Å²) in [5.41, 5.74) is 7.05. The molecule has 1 aromatic rings. The van der Waals surface area contributed by atoms with E-state index in [4.69, 9.17) is 10.5 Å². The first kappa shape index (κ1) is 13.9. The van der Waals surface area contributed by atoms with Crippen molar-refractivity contribution >= 4 is 15.7 Å². The number of hydrogen-bond donors (Lipinski definition) is 1. The number of nitrogens with two attached hydrogens (primary N) is 1. The largest absolute Gasteiger partial charge is 0.399 e. The zero-order valence-corrected chi connectivity index (χ0v) is 12.2. The second kappa shape index (κ2) is 5.35. The van der Waals surface area contributed by atoms with Crippen LogP contribution in [0.25, 0.3) is 0 Å². The topological polar surface area (TPSA) is 72.6 Å². The molecule has 20 heavy (non-hydrogen) atoms. The smallest absolute Gasteiger partial charge is 0.218 e. The molecule has 2 N–H and O–H groups in total. The average Bonchev–Trinajstić information content (AvgIpc) is 2.85. The Morgan fingerprint density at radius 2 is 2.20 bits per heavy atom. The van der Waals surface area contributed by atoms with E-state index >= 15 is 0 Å². The van der Waals surface area contributed by atoms with E-state index in [2.05, 4.69) is 0 Å². The Kier molecular flexibility index (Phi) is 3.70. The minimum atomic E-state index is -3.31. The van der Waals surface area contributed by atoms with Gasteiger partial charge in [-0.2, -0.15) is 4.31 Å². The van der Waals surface area contributed by atoms with E-state index in [1.165, 1.54) is 0 Å². The summed E-state index contributed by atoms with van der Waals surface area (Å²) in [5.74, 6) is 0.0151. The molecular weight excluding hydrogens is 276 g/mol. The second-order valence-electron chi connectivity index (χ2n) is 5.52. The van der Waals surface area contributed by atoms with Crippen molar-refractivity contribution in [2.45, 2.75) is 37.2 Å². The van der Waals surface area contributed by atoms with E-state index in [0.717, 1.165) is 24.8 Å². The molecule has 1 aliphatic carbocycles. The summed E-state index contributed by atoms with van der Waals surface area (Å²) in [6, 6.07) is 7.11. The Morgan fingerprint density at radius 3 is 3.00 bits per heavy atom. The maximum Gasteiger partial charge on any atom is 0.218 e. The van der Waals surface area contributed by atoms with Gasteiger partial charge >= 0.3 is 0 Å². The van der Waals surface area contributed by atoms with Crippen LogP contribution in [0.5, 0.6) is 0 Å². The lowest BCUT2D eigenvalue weighted by Crippen LogP contribution is -2.51. The van der Waals surface area contributed by atoms with Crippen molar-refractivity contribution in [3.8, 4) is 0 Å². The number of anilines is 1. The highest BCUT2D eigenvalue weighted by Gasteiger charge is 2.41. The Labute approximate surface area is 119 Å². The van der Waals surface area contributed by atoms with Crippen molar-refractivity contribution in [1.82, 2.24) is 4.31 Å². The number of rotatable bonds is 3. The molecule has 0 radical (unpaired) electrons. The van der Waals surface area contributed by atoms with Gasteiger partial charge in [0.1, 0.15) is 0 Å². The Morgan fingerprint density at radius 1 is 1.35 bits per heavy atom. The molecular formula is C14H20N2O3S. The van der Waals surface area contributed by atoms with E-state index in [9.17, 15) is 8.42 Å². The normalized spacial score (nSPS) is 27.4. The molecule has 1 aliphatic heterocycles. The Balaban J connectivity index is 1.80. The summed E-state index contributed by atoms with van der Waals surface area (Å²) in [5, 5.41) is 0. The molecule has 0 amide bonds. The number of morpholine rings is 1. The van der Waals surface area contributed by atoms with E-state index in [-0.39, 0.29) is 17.9 Å². The summed E-state index contributed by atoms with van der Waals surface area (Å²) in [4.78, 5) is 0. The highest BCUT2D eigenvalue weighted by Crippen LogP contribution is 2.32. The fourth-order valence-electron chi connectivity index (χ4n) is 3.21. The molecule has 1 saturated carbocycles. The third kappa shape index (κ3) is 2.68. The van der Waals surface area contributed by atoms with Gasteiger partial charge in [0.25, 0.3) is 0 Å². The first-order valence-electron chi connectivity index (χ1n) is 7.02. The van der Waals surface area contributed by atoms with Gasteiger partial charge in [0, 0.05) is 12.2 Å². The van der Waals surface area contributed by atoms with Crippen molar-refractivity contribution in [2.24, 2.45) is 0 Å². The Hall–Kier alpha value is -1.11. The quantitative estimate of drug-likeness (QED) is 0.855. The van der Waals surface area contributed by atoms with Crippen LogP contribution in [0.1, 0.15) is 24.8 Å². The molecule has 3 rings (SSSR count). The second-order valence-corrected chi connectivity index (χ2v) is 7.44. The third-order valence-electron chi connectivity index (χ3n) is 4.09. The van der Waals surface area contributed by atoms with Gasteiger partial charge in [0.05, 0.1) is 24.5 Å². The van der Waals surface area contributed by atoms with Gasteiger partial charge in [-0.05, 0) is 37.0 Å². The molecule has 6 heteroatoms. The van der Waals surface area contributed by atoms with E-state index in [1.807, 2.05) is 0 Å². The third-order valence-corrected chi connectivity index (χ3v) is 5.95. The average molecular weight is 296 g/mol. The first-order valence-corrected chi connectivity index (χ1v) is 8.63. The van der Waals surface area contributed by atoms with Crippen molar-refractivity contribution in [3.05, 3.63) is 29.8 Å². The monoisotopic (exact) mass is 296 g/mol.